The Bertz CT molecular complexity index is 431. The average Bonchev–Trinajstić information content (AvgIpc) is 2.31. The van der Waals surface area contributed by atoms with Crippen LogP contribution in [0.15, 0.2) is 54.9 Å². The minimum Gasteiger partial charge on any atom is -0.265 e. The second kappa shape index (κ2) is 4.53. The van der Waals surface area contributed by atoms with Crippen molar-refractivity contribution in [3.8, 4) is 0 Å². The first-order chi connectivity index (χ1) is 7.79. The third kappa shape index (κ3) is 2.06. The first-order valence-corrected chi connectivity index (χ1v) is 4.87. The zero-order valence-electron chi connectivity index (χ0n) is 8.48. The maximum atomic E-state index is 11.1. The molecule has 1 aromatic heterocycles. The van der Waals surface area contributed by atoms with Crippen molar-refractivity contribution in [1.82, 2.24) is 4.98 Å². The van der Waals surface area contributed by atoms with E-state index in [9.17, 15) is 10.1 Å². The lowest BCUT2D eigenvalue weighted by molar-refractivity contribution is -0.517. The van der Waals surface area contributed by atoms with Crippen LogP contribution in [0.25, 0.3) is 0 Å². The molecule has 80 valence electrons. The number of hydrogen-bond acceptors (Lipinski definition) is 3. The van der Waals surface area contributed by atoms with E-state index in [1.807, 2.05) is 6.07 Å². The van der Waals surface area contributed by atoms with Gasteiger partial charge in [-0.05, 0) is 12.1 Å². The van der Waals surface area contributed by atoms with Crippen LogP contribution in [0.5, 0.6) is 0 Å². The number of rotatable bonds is 3. The predicted octanol–water partition coefficient (Wildman–Crippen LogP) is 2.45. The summed E-state index contributed by atoms with van der Waals surface area (Å²) in [5, 5.41) is 11.1. The molecule has 0 spiro atoms. The molecule has 2 aromatic rings. The molecule has 0 N–H and O–H groups in total. The predicted molar refractivity (Wildman–Crippen MR) is 59.5 cm³/mol. The monoisotopic (exact) mass is 214 g/mol. The van der Waals surface area contributed by atoms with Gasteiger partial charge in [0.1, 0.15) is 0 Å². The highest BCUT2D eigenvalue weighted by Gasteiger charge is 2.24. The number of nitrogens with zero attached hydrogens (tertiary/aromatic N) is 2. The van der Waals surface area contributed by atoms with Crippen LogP contribution in [-0.2, 0) is 0 Å². The van der Waals surface area contributed by atoms with Gasteiger partial charge < -0.3 is 0 Å². The van der Waals surface area contributed by atoms with Crippen molar-refractivity contribution in [3.63, 3.8) is 0 Å². The van der Waals surface area contributed by atoms with Gasteiger partial charge in [-0.15, -0.1) is 0 Å². The number of hydrogen-bond donors (Lipinski definition) is 0. The standard InChI is InChI=1S/C12H10N2O2/c15-14(16)12(10-4-2-1-3-5-10)11-6-8-13-9-7-11/h1-9,12H. The van der Waals surface area contributed by atoms with Crippen LogP contribution < -0.4 is 0 Å². The van der Waals surface area contributed by atoms with Gasteiger partial charge in [-0.1, -0.05) is 30.3 Å². The molecule has 1 atom stereocenters. The zero-order valence-corrected chi connectivity index (χ0v) is 8.48. The summed E-state index contributed by atoms with van der Waals surface area (Å²) in [7, 11) is 0. The van der Waals surface area contributed by atoms with Crippen LogP contribution in [0.2, 0.25) is 0 Å². The highest BCUT2D eigenvalue weighted by molar-refractivity contribution is 5.28. The smallest absolute Gasteiger partial charge is 0.263 e. The van der Waals surface area contributed by atoms with Gasteiger partial charge in [0.05, 0.1) is 0 Å². The lowest BCUT2D eigenvalue weighted by atomic mass is 10.0. The molecule has 2 rings (SSSR count). The van der Waals surface area contributed by atoms with Crippen LogP contribution >= 0.6 is 0 Å². The summed E-state index contributed by atoms with van der Waals surface area (Å²) >= 11 is 0. The minimum atomic E-state index is -0.816. The van der Waals surface area contributed by atoms with Gasteiger partial charge in [-0.2, -0.15) is 0 Å². The third-order valence-electron chi connectivity index (χ3n) is 2.35. The molecule has 0 bridgehead atoms. The van der Waals surface area contributed by atoms with E-state index in [4.69, 9.17) is 0 Å². The zero-order chi connectivity index (χ0) is 11.4. The molecule has 0 fully saturated rings. The van der Waals surface area contributed by atoms with Gasteiger partial charge in [0.2, 0.25) is 0 Å². The maximum absolute atomic E-state index is 11.1. The molecule has 4 nitrogen and oxygen atoms in total. The quantitative estimate of drug-likeness (QED) is 0.582. The lowest BCUT2D eigenvalue weighted by Gasteiger charge is -2.09. The SMILES string of the molecule is O=[N+]([O-])C(c1ccccc1)c1ccncc1. The Balaban J connectivity index is 2.44. The summed E-state index contributed by atoms with van der Waals surface area (Å²) < 4.78 is 0. The fraction of sp³-hybridized carbons (Fsp3) is 0.0833. The fourth-order valence-corrected chi connectivity index (χ4v) is 1.62. The second-order valence-electron chi connectivity index (χ2n) is 3.38. The largest absolute Gasteiger partial charge is 0.265 e. The molecule has 0 aliphatic carbocycles. The first-order valence-electron chi connectivity index (χ1n) is 4.87. The van der Waals surface area contributed by atoms with Crippen LogP contribution in [0.3, 0.4) is 0 Å². The van der Waals surface area contributed by atoms with Gasteiger partial charge in [-0.3, -0.25) is 15.1 Å². The summed E-state index contributed by atoms with van der Waals surface area (Å²) in [4.78, 5) is 14.7. The number of nitro groups is 1. The molecule has 1 heterocycles. The van der Waals surface area contributed by atoms with Crippen molar-refractivity contribution in [2.45, 2.75) is 6.04 Å². The van der Waals surface area contributed by atoms with Crippen LogP contribution in [0, 0.1) is 10.1 Å². The minimum absolute atomic E-state index is 0.287. The Morgan fingerprint density at radius 3 is 2.12 bits per heavy atom. The lowest BCUT2D eigenvalue weighted by Crippen LogP contribution is -2.11. The molecule has 1 aromatic carbocycles. The summed E-state index contributed by atoms with van der Waals surface area (Å²) in [6.45, 7) is 0. The summed E-state index contributed by atoms with van der Waals surface area (Å²) in [5.74, 6) is 0. The molecular weight excluding hydrogens is 204 g/mol. The Morgan fingerprint density at radius 2 is 1.56 bits per heavy atom. The Labute approximate surface area is 92.7 Å². The van der Waals surface area contributed by atoms with Crippen molar-refractivity contribution >= 4 is 0 Å². The summed E-state index contributed by atoms with van der Waals surface area (Å²) in [6, 6.07) is 11.5. The molecule has 16 heavy (non-hydrogen) atoms. The number of pyridine rings is 1. The van der Waals surface area contributed by atoms with Crippen molar-refractivity contribution in [1.29, 1.82) is 0 Å². The van der Waals surface area contributed by atoms with E-state index >= 15 is 0 Å². The van der Waals surface area contributed by atoms with Crippen molar-refractivity contribution < 1.29 is 4.92 Å². The molecule has 1 unspecified atom stereocenters. The van der Waals surface area contributed by atoms with Gasteiger partial charge in [0.15, 0.2) is 0 Å². The fourth-order valence-electron chi connectivity index (χ4n) is 1.62. The van der Waals surface area contributed by atoms with E-state index in [1.165, 1.54) is 0 Å². The highest BCUT2D eigenvalue weighted by atomic mass is 16.6. The molecular formula is C12H10N2O2. The molecule has 0 saturated heterocycles. The van der Waals surface area contributed by atoms with Gasteiger partial charge >= 0.3 is 0 Å². The van der Waals surface area contributed by atoms with Crippen molar-refractivity contribution in [2.75, 3.05) is 0 Å². The highest BCUT2D eigenvalue weighted by Crippen LogP contribution is 2.24. The first kappa shape index (κ1) is 10.3. The van der Waals surface area contributed by atoms with Crippen molar-refractivity contribution in [2.24, 2.45) is 0 Å². The Morgan fingerprint density at radius 1 is 1.00 bits per heavy atom. The van der Waals surface area contributed by atoms with E-state index in [-0.39, 0.29) is 4.92 Å². The van der Waals surface area contributed by atoms with Gasteiger partial charge in [-0.25, -0.2) is 0 Å². The van der Waals surface area contributed by atoms with Gasteiger partial charge in [0, 0.05) is 28.4 Å². The molecule has 0 saturated carbocycles. The van der Waals surface area contributed by atoms with Gasteiger partial charge in [0.25, 0.3) is 6.04 Å². The Hall–Kier alpha value is -2.23. The molecule has 4 heteroatoms. The third-order valence-corrected chi connectivity index (χ3v) is 2.35. The maximum Gasteiger partial charge on any atom is 0.263 e. The van der Waals surface area contributed by atoms with Crippen LogP contribution in [-0.4, -0.2) is 9.91 Å². The topological polar surface area (TPSA) is 56.0 Å². The van der Waals surface area contributed by atoms with E-state index in [1.54, 1.807) is 48.8 Å². The van der Waals surface area contributed by atoms with E-state index < -0.39 is 6.04 Å². The average molecular weight is 214 g/mol. The van der Waals surface area contributed by atoms with E-state index in [0.29, 0.717) is 11.1 Å². The van der Waals surface area contributed by atoms with Crippen LogP contribution in [0.1, 0.15) is 17.2 Å². The normalized spacial score (nSPS) is 12.0. The molecule has 0 aliphatic heterocycles. The van der Waals surface area contributed by atoms with Crippen LogP contribution in [0.4, 0.5) is 0 Å². The number of benzene rings is 1. The molecule has 0 radical (unpaired) electrons. The summed E-state index contributed by atoms with van der Waals surface area (Å²) in [6.07, 6.45) is 3.13. The molecule has 0 amide bonds. The van der Waals surface area contributed by atoms with E-state index in [2.05, 4.69) is 4.98 Å². The molecule has 0 aliphatic rings. The number of aromatic nitrogens is 1. The summed E-state index contributed by atoms with van der Waals surface area (Å²) in [5.41, 5.74) is 1.32. The Kier molecular flexibility index (Phi) is 2.91. The second-order valence-corrected chi connectivity index (χ2v) is 3.38. The van der Waals surface area contributed by atoms with Crippen molar-refractivity contribution in [3.05, 3.63) is 76.1 Å². The van der Waals surface area contributed by atoms with E-state index in [0.717, 1.165) is 0 Å².